The van der Waals surface area contributed by atoms with Crippen molar-refractivity contribution in [2.45, 2.75) is 32.6 Å². The van der Waals surface area contributed by atoms with E-state index in [0.717, 1.165) is 22.6 Å². The van der Waals surface area contributed by atoms with Gasteiger partial charge in [-0.15, -0.1) is 0 Å². The van der Waals surface area contributed by atoms with E-state index in [-0.39, 0.29) is 11.3 Å². The predicted molar refractivity (Wildman–Crippen MR) is 144 cm³/mol. The predicted octanol–water partition coefficient (Wildman–Crippen LogP) is 5.03. The molecule has 194 valence electrons. The Labute approximate surface area is 217 Å². The lowest BCUT2D eigenvalue weighted by Crippen LogP contribution is -2.30. The van der Waals surface area contributed by atoms with Crippen molar-refractivity contribution in [2.24, 2.45) is 0 Å². The van der Waals surface area contributed by atoms with Crippen molar-refractivity contribution in [3.8, 4) is 28.5 Å². The molecule has 8 nitrogen and oxygen atoms in total. The molecular weight excluding hydrogens is 468 g/mol. The number of hydrogen-bond acceptors (Lipinski definition) is 6. The highest BCUT2D eigenvalue weighted by atomic mass is 16.5. The number of rotatable bonds is 8. The molecule has 2 heterocycles. The number of fused-ring (bicyclic) bond motifs is 1. The van der Waals surface area contributed by atoms with Crippen LogP contribution < -0.4 is 14.2 Å². The van der Waals surface area contributed by atoms with E-state index in [9.17, 15) is 4.79 Å². The summed E-state index contributed by atoms with van der Waals surface area (Å²) in [5.74, 6) is 1.97. The van der Waals surface area contributed by atoms with Gasteiger partial charge in [0.2, 0.25) is 0 Å². The monoisotopic (exact) mass is 502 g/mol. The number of nitrogens with zero attached hydrogens (tertiary/aromatic N) is 4. The molecule has 0 fully saturated rings. The van der Waals surface area contributed by atoms with Crippen molar-refractivity contribution in [3.05, 3.63) is 71.5 Å². The summed E-state index contributed by atoms with van der Waals surface area (Å²) in [5.41, 5.74) is 4.42. The van der Waals surface area contributed by atoms with Crippen LogP contribution in [-0.4, -0.2) is 60.3 Å². The minimum Gasteiger partial charge on any atom is -0.497 e. The molecule has 0 saturated carbocycles. The average Bonchev–Trinajstić information content (AvgIpc) is 3.35. The fourth-order valence-corrected chi connectivity index (χ4v) is 4.03. The molecule has 0 radical (unpaired) electrons. The summed E-state index contributed by atoms with van der Waals surface area (Å²) in [7, 11) is 6.66. The molecule has 1 amide bonds. The number of amides is 1. The topological polar surface area (TPSA) is 78.2 Å². The molecule has 0 aliphatic heterocycles. The highest BCUT2D eigenvalue weighted by Gasteiger charge is 2.23. The highest BCUT2D eigenvalue weighted by Crippen LogP contribution is 2.29. The van der Waals surface area contributed by atoms with Crippen LogP contribution in [0.15, 0.2) is 54.6 Å². The normalized spacial score (nSPS) is 11.4. The van der Waals surface area contributed by atoms with Crippen LogP contribution in [0.1, 0.15) is 42.5 Å². The standard InChI is InChI=1S/C29H34N4O4/c1-29(2,3)26-18-27-30-22(20-9-11-21(35-5)12-10-20)17-23(33(27)31-26)28(34)32(4)15-14-19-8-13-24(36-6)25(16-19)37-7/h8-13,16-18H,14-15H2,1-7H3. The van der Waals surface area contributed by atoms with E-state index < -0.39 is 0 Å². The van der Waals surface area contributed by atoms with Gasteiger partial charge in [-0.3, -0.25) is 4.79 Å². The van der Waals surface area contributed by atoms with E-state index in [1.165, 1.54) is 0 Å². The molecule has 37 heavy (non-hydrogen) atoms. The minimum atomic E-state index is -0.187. The van der Waals surface area contributed by atoms with Crippen molar-refractivity contribution >= 4 is 11.6 Å². The van der Waals surface area contributed by atoms with Crippen LogP contribution in [0.25, 0.3) is 16.9 Å². The Morgan fingerprint density at radius 3 is 2.24 bits per heavy atom. The maximum atomic E-state index is 13.7. The molecule has 0 aliphatic carbocycles. The van der Waals surface area contributed by atoms with E-state index in [0.29, 0.717) is 41.5 Å². The third-order valence-corrected chi connectivity index (χ3v) is 6.33. The third-order valence-electron chi connectivity index (χ3n) is 6.33. The van der Waals surface area contributed by atoms with Gasteiger partial charge in [0.25, 0.3) is 5.91 Å². The first kappa shape index (κ1) is 26.0. The van der Waals surface area contributed by atoms with Gasteiger partial charge in [0.05, 0.1) is 32.7 Å². The van der Waals surface area contributed by atoms with Crippen molar-refractivity contribution in [1.82, 2.24) is 19.5 Å². The number of carbonyl (C=O) groups is 1. The summed E-state index contributed by atoms with van der Waals surface area (Å²) < 4.78 is 17.7. The quantitative estimate of drug-likeness (QED) is 0.336. The van der Waals surface area contributed by atoms with Crippen molar-refractivity contribution in [1.29, 1.82) is 0 Å². The minimum absolute atomic E-state index is 0.133. The number of benzene rings is 2. The molecule has 0 atom stereocenters. The first-order chi connectivity index (χ1) is 17.6. The molecular formula is C29H34N4O4. The Morgan fingerprint density at radius 1 is 0.919 bits per heavy atom. The maximum Gasteiger partial charge on any atom is 0.272 e. The summed E-state index contributed by atoms with van der Waals surface area (Å²) in [6, 6.07) is 17.2. The van der Waals surface area contributed by atoms with Gasteiger partial charge in [-0.1, -0.05) is 26.8 Å². The summed E-state index contributed by atoms with van der Waals surface area (Å²) in [6.07, 6.45) is 0.661. The van der Waals surface area contributed by atoms with Gasteiger partial charge in [0, 0.05) is 30.6 Å². The number of likely N-dealkylation sites (N-methyl/N-ethyl adjacent to an activating group) is 1. The average molecular weight is 503 g/mol. The summed E-state index contributed by atoms with van der Waals surface area (Å²) in [4.78, 5) is 20.3. The zero-order chi connectivity index (χ0) is 26.7. The van der Waals surface area contributed by atoms with Gasteiger partial charge < -0.3 is 19.1 Å². The molecule has 0 aliphatic rings. The molecule has 2 aromatic heterocycles. The number of hydrogen-bond donors (Lipinski definition) is 0. The molecule has 2 aromatic carbocycles. The molecule has 0 unspecified atom stereocenters. The summed E-state index contributed by atoms with van der Waals surface area (Å²) in [6.45, 7) is 6.80. The van der Waals surface area contributed by atoms with Gasteiger partial charge in [0.15, 0.2) is 17.1 Å². The fraction of sp³-hybridized carbons (Fsp3) is 0.345. The SMILES string of the molecule is COc1ccc(-c2cc(C(=O)N(C)CCc3ccc(OC)c(OC)c3)n3nc(C(C)(C)C)cc3n2)cc1. The first-order valence-electron chi connectivity index (χ1n) is 12.2. The zero-order valence-electron chi connectivity index (χ0n) is 22.5. The van der Waals surface area contributed by atoms with Gasteiger partial charge in [-0.25, -0.2) is 9.50 Å². The molecule has 4 rings (SSSR count). The van der Waals surface area contributed by atoms with E-state index in [1.807, 2.05) is 54.6 Å². The fourth-order valence-electron chi connectivity index (χ4n) is 4.03. The number of methoxy groups -OCH3 is 3. The Balaban J connectivity index is 1.67. The molecule has 4 aromatic rings. The van der Waals surface area contributed by atoms with E-state index in [1.54, 1.807) is 37.8 Å². The lowest BCUT2D eigenvalue weighted by Gasteiger charge is -2.19. The lowest BCUT2D eigenvalue weighted by atomic mass is 9.93. The Hall–Kier alpha value is -4.07. The molecule has 0 spiro atoms. The van der Waals surface area contributed by atoms with Gasteiger partial charge in [-0.05, 0) is 54.4 Å². The van der Waals surface area contributed by atoms with Crippen LogP contribution in [0.4, 0.5) is 0 Å². The van der Waals surface area contributed by atoms with Crippen molar-refractivity contribution in [3.63, 3.8) is 0 Å². The van der Waals surface area contributed by atoms with Crippen molar-refractivity contribution in [2.75, 3.05) is 34.9 Å². The molecule has 0 saturated heterocycles. The summed E-state index contributed by atoms with van der Waals surface area (Å²) in [5, 5.41) is 4.77. The van der Waals surface area contributed by atoms with Crippen LogP contribution in [0.3, 0.4) is 0 Å². The second kappa shape index (κ2) is 10.5. The second-order valence-corrected chi connectivity index (χ2v) is 9.97. The number of aromatic nitrogens is 3. The van der Waals surface area contributed by atoms with E-state index in [4.69, 9.17) is 24.3 Å². The third kappa shape index (κ3) is 5.53. The summed E-state index contributed by atoms with van der Waals surface area (Å²) >= 11 is 0. The Morgan fingerprint density at radius 2 is 1.62 bits per heavy atom. The van der Waals surface area contributed by atoms with Crippen LogP contribution in [0.2, 0.25) is 0 Å². The number of carbonyl (C=O) groups excluding carboxylic acids is 1. The molecule has 0 N–H and O–H groups in total. The zero-order valence-corrected chi connectivity index (χ0v) is 22.5. The highest BCUT2D eigenvalue weighted by molar-refractivity contribution is 5.94. The van der Waals surface area contributed by atoms with Gasteiger partial charge in [-0.2, -0.15) is 5.10 Å². The number of ether oxygens (including phenoxy) is 3. The first-order valence-corrected chi connectivity index (χ1v) is 12.2. The molecule has 8 heteroatoms. The van der Waals surface area contributed by atoms with Gasteiger partial charge >= 0.3 is 0 Å². The van der Waals surface area contributed by atoms with Crippen LogP contribution >= 0.6 is 0 Å². The van der Waals surface area contributed by atoms with Crippen LogP contribution in [0, 0.1) is 0 Å². The Bertz CT molecular complexity index is 1400. The smallest absolute Gasteiger partial charge is 0.272 e. The molecule has 0 bridgehead atoms. The Kier molecular flexibility index (Phi) is 7.38. The van der Waals surface area contributed by atoms with E-state index >= 15 is 0 Å². The largest absolute Gasteiger partial charge is 0.497 e. The lowest BCUT2D eigenvalue weighted by molar-refractivity contribution is 0.0787. The van der Waals surface area contributed by atoms with E-state index in [2.05, 4.69) is 20.8 Å². The van der Waals surface area contributed by atoms with Gasteiger partial charge in [0.1, 0.15) is 11.4 Å². The maximum absolute atomic E-state index is 13.7. The van der Waals surface area contributed by atoms with Crippen LogP contribution in [0.5, 0.6) is 17.2 Å². The van der Waals surface area contributed by atoms with Crippen molar-refractivity contribution < 1.29 is 19.0 Å². The van der Waals surface area contributed by atoms with Crippen LogP contribution in [-0.2, 0) is 11.8 Å². The second-order valence-electron chi connectivity index (χ2n) is 9.97.